The molecule has 1 aromatic carbocycles. The molecule has 2 aliphatic rings. The van der Waals surface area contributed by atoms with Gasteiger partial charge in [0.25, 0.3) is 0 Å². The molecule has 17 heteroatoms. The molecule has 37 heavy (non-hydrogen) atoms. The Morgan fingerprint density at radius 1 is 1.05 bits per heavy atom. The van der Waals surface area contributed by atoms with Crippen molar-refractivity contribution in [3.63, 3.8) is 0 Å². The molecule has 0 saturated carbocycles. The number of thiazole rings is 1. The average molecular weight is 669 g/mol. The van der Waals surface area contributed by atoms with E-state index in [4.69, 9.17) is 12.2 Å². The van der Waals surface area contributed by atoms with Crippen LogP contribution in [0.2, 0.25) is 0 Å². The molecule has 4 N–H and O–H groups in total. The average Bonchev–Trinajstić information content (AvgIpc) is 3.37. The predicted octanol–water partition coefficient (Wildman–Crippen LogP) is -0.0514. The number of aryl methyl sites for hydroxylation is 1. The Labute approximate surface area is 230 Å². The molecular weight excluding hydrogens is 647 g/mol. The van der Waals surface area contributed by atoms with E-state index < -0.39 is 39.2 Å². The van der Waals surface area contributed by atoms with Gasteiger partial charge in [-0.3, -0.25) is 0 Å². The van der Waals surface area contributed by atoms with Gasteiger partial charge in [0.15, 0.2) is 0 Å². The van der Waals surface area contributed by atoms with Crippen molar-refractivity contribution in [2.24, 2.45) is 0 Å². The zero-order valence-electron chi connectivity index (χ0n) is 19.3. The van der Waals surface area contributed by atoms with Crippen LogP contribution in [0.1, 0.15) is 12.5 Å². The Hall–Kier alpha value is -1.34. The summed E-state index contributed by atoms with van der Waals surface area (Å²) in [6.45, 7) is 4.74. The van der Waals surface area contributed by atoms with E-state index in [1.54, 1.807) is 12.2 Å². The second-order valence-corrected chi connectivity index (χ2v) is 16.2. The van der Waals surface area contributed by atoms with Crippen molar-refractivity contribution in [1.29, 1.82) is 0 Å². The number of benzene rings is 1. The van der Waals surface area contributed by atoms with Gasteiger partial charge in [0.2, 0.25) is 0 Å². The van der Waals surface area contributed by atoms with Gasteiger partial charge >= 0.3 is 232 Å². The number of anilines is 1. The molecule has 2 aliphatic heterocycles. The molecule has 0 aliphatic carbocycles. The number of aromatic nitrogens is 1. The summed E-state index contributed by atoms with van der Waals surface area (Å²) < 4.78 is 26.3. The van der Waals surface area contributed by atoms with Crippen LogP contribution in [0.4, 0.5) is 5.69 Å². The second kappa shape index (κ2) is 10.7. The number of hydrogen-bond donors (Lipinski definition) is 4. The molecule has 0 bridgehead atoms. The van der Waals surface area contributed by atoms with Crippen LogP contribution < -0.4 is 24.1 Å². The first-order valence-corrected chi connectivity index (χ1v) is 17.9. The zero-order chi connectivity index (χ0) is 27.3. The Kier molecular flexibility index (Phi) is 8.27. The first kappa shape index (κ1) is 28.7. The van der Waals surface area contributed by atoms with E-state index in [-0.39, 0.29) is 33.4 Å². The number of amides is 1. The van der Waals surface area contributed by atoms with Crippen LogP contribution in [0.15, 0.2) is 33.7 Å². The van der Waals surface area contributed by atoms with Crippen molar-refractivity contribution >= 4 is 96.8 Å². The van der Waals surface area contributed by atoms with Gasteiger partial charge in [-0.1, -0.05) is 0 Å². The molecule has 0 atom stereocenters. The van der Waals surface area contributed by atoms with Gasteiger partial charge in [-0.2, -0.15) is 0 Å². The van der Waals surface area contributed by atoms with Crippen molar-refractivity contribution in [1.82, 2.24) is 9.47 Å². The molecule has 0 radical (unpaired) electrons. The molecule has 3 heterocycles. The maximum atomic E-state index is 13.2. The van der Waals surface area contributed by atoms with Crippen molar-refractivity contribution in [2.45, 2.75) is 20.1 Å². The summed E-state index contributed by atoms with van der Waals surface area (Å²) in [5, 5.41) is 0. The van der Waals surface area contributed by atoms with Crippen LogP contribution in [0.5, 0.6) is 0 Å². The monoisotopic (exact) mass is 669 g/mol. The SMILES string of the molecule is CCN1/C(=C/C=c2/s/c(=C3\SC(=S)N(CP(=O)(O)O)C3=O)n(CP(=O)(O)O)c2=O)[Se]c2ccc(C)cc21. The second-order valence-electron chi connectivity index (χ2n) is 8.04. The summed E-state index contributed by atoms with van der Waals surface area (Å²) in [5.74, 6) is -0.842. The third-order valence-electron chi connectivity index (χ3n) is 5.18. The summed E-state index contributed by atoms with van der Waals surface area (Å²) in [6, 6.07) is 6.22. The minimum absolute atomic E-state index is 0.0121. The van der Waals surface area contributed by atoms with Crippen molar-refractivity contribution in [2.75, 3.05) is 17.7 Å². The van der Waals surface area contributed by atoms with Crippen molar-refractivity contribution < 1.29 is 33.5 Å². The molecule has 11 nitrogen and oxygen atoms in total. The van der Waals surface area contributed by atoms with Crippen LogP contribution in [0, 0.1) is 6.92 Å². The summed E-state index contributed by atoms with van der Waals surface area (Å²) in [7, 11) is -9.35. The molecule has 1 amide bonds. The fourth-order valence-corrected chi connectivity index (χ4v) is 10.0. The number of rotatable bonds is 6. The Bertz CT molecular complexity index is 1620. The van der Waals surface area contributed by atoms with E-state index in [2.05, 4.69) is 17.0 Å². The van der Waals surface area contributed by atoms with Crippen LogP contribution in [0.3, 0.4) is 0 Å². The van der Waals surface area contributed by atoms with Crippen LogP contribution in [-0.4, -0.2) is 67.1 Å². The van der Waals surface area contributed by atoms with Crippen LogP contribution in [0.25, 0.3) is 11.0 Å². The van der Waals surface area contributed by atoms with E-state index in [1.807, 2.05) is 19.9 Å². The zero-order valence-corrected chi connectivity index (χ0v) is 25.3. The van der Waals surface area contributed by atoms with E-state index in [1.165, 1.54) is 4.46 Å². The summed E-state index contributed by atoms with van der Waals surface area (Å²) in [5.41, 5.74) is 1.54. The number of allylic oxidation sites excluding steroid dienone is 1. The molecule has 4 rings (SSSR count). The third-order valence-corrected chi connectivity index (χ3v) is 11.6. The fourth-order valence-electron chi connectivity index (χ4n) is 3.66. The summed E-state index contributed by atoms with van der Waals surface area (Å²) in [6.07, 6.45) is 1.48. The number of nitrogens with zero attached hydrogens (tertiary/aromatic N) is 3. The molecule has 1 aromatic heterocycles. The first-order valence-electron chi connectivity index (χ1n) is 10.5. The molecule has 1 fully saturated rings. The summed E-state index contributed by atoms with van der Waals surface area (Å²) in [4.78, 5) is 66.6. The van der Waals surface area contributed by atoms with Gasteiger partial charge in [0.05, 0.1) is 0 Å². The predicted molar refractivity (Wildman–Crippen MR) is 149 cm³/mol. The summed E-state index contributed by atoms with van der Waals surface area (Å²) >= 11 is 6.67. The van der Waals surface area contributed by atoms with Gasteiger partial charge in [-0.05, 0) is 0 Å². The van der Waals surface area contributed by atoms with Crippen molar-refractivity contribution in [3.8, 4) is 0 Å². The normalized spacial score (nSPS) is 19.5. The van der Waals surface area contributed by atoms with Gasteiger partial charge < -0.3 is 0 Å². The molecule has 0 spiro atoms. The number of thiocarbonyl (C=S) groups is 1. The Morgan fingerprint density at radius 2 is 1.73 bits per heavy atom. The van der Waals surface area contributed by atoms with Gasteiger partial charge in [0, 0.05) is 0 Å². The van der Waals surface area contributed by atoms with Gasteiger partial charge in [-0.15, -0.1) is 0 Å². The molecule has 1 saturated heterocycles. The standard InChI is InChI=1S/C20H21N3O8P2S3Se/c1-3-21-12-8-11(2)4-6-14(12)37-15(21)7-5-13-17(24)22(9-32(26,27)28)19(35-13)16-18(25)23(20(34)36-16)10-33(29,30)31/h4-8H,3,9-10H2,1-2H3,(H2,26,27,28)(H2,29,30,31)/b13-5+,15-7-,19-16-. The Morgan fingerprint density at radius 3 is 2.35 bits per heavy atom. The number of fused-ring (bicyclic) bond motifs is 1. The molecule has 2 aromatic rings. The van der Waals surface area contributed by atoms with Crippen LogP contribution in [-0.2, 0) is 20.2 Å². The van der Waals surface area contributed by atoms with E-state index in [9.17, 15) is 38.3 Å². The number of hydrogen-bond acceptors (Lipinski definition) is 8. The Balaban J connectivity index is 1.85. The number of carbonyl (C=O) groups excluding carboxylic acids is 1. The topological polar surface area (TPSA) is 161 Å². The maximum absolute atomic E-state index is 13.2. The van der Waals surface area contributed by atoms with E-state index in [0.29, 0.717) is 6.54 Å². The van der Waals surface area contributed by atoms with Crippen LogP contribution >= 0.6 is 50.5 Å². The molecule has 198 valence electrons. The third kappa shape index (κ3) is 6.29. The van der Waals surface area contributed by atoms with E-state index in [0.717, 1.165) is 48.4 Å². The van der Waals surface area contributed by atoms with E-state index >= 15 is 0 Å². The first-order chi connectivity index (χ1) is 17.2. The quantitative estimate of drug-likeness (QED) is 0.186. The number of thioether (sulfide) groups is 1. The molecular formula is C20H21N3O8P2S3Se. The fraction of sp³-hybridized carbons (Fsp3) is 0.250. The van der Waals surface area contributed by atoms with Gasteiger partial charge in [-0.25, -0.2) is 0 Å². The molecule has 0 unspecified atom stereocenters. The van der Waals surface area contributed by atoms with Gasteiger partial charge in [0.1, 0.15) is 0 Å². The van der Waals surface area contributed by atoms with Crippen molar-refractivity contribution in [3.05, 3.63) is 54.0 Å². The minimum atomic E-state index is -4.72. The number of carbonyl (C=O) groups is 1.